The van der Waals surface area contributed by atoms with Gasteiger partial charge in [-0.05, 0) is 37.1 Å². The van der Waals surface area contributed by atoms with Crippen LogP contribution in [0.15, 0.2) is 84.9 Å². The molecule has 0 radical (unpaired) electrons. The van der Waals surface area contributed by atoms with Gasteiger partial charge in [0.2, 0.25) is 0 Å². The number of nitrogens with one attached hydrogen (secondary N) is 2. The van der Waals surface area contributed by atoms with Crippen molar-refractivity contribution in [3.63, 3.8) is 0 Å². The summed E-state index contributed by atoms with van der Waals surface area (Å²) in [6.07, 6.45) is 4.00. The van der Waals surface area contributed by atoms with Gasteiger partial charge in [0, 0.05) is 58.9 Å². The molecule has 0 amide bonds. The molecule has 0 saturated heterocycles. The molecule has 0 fully saturated rings. The fourth-order valence-corrected chi connectivity index (χ4v) is 5.40. The van der Waals surface area contributed by atoms with Crippen molar-refractivity contribution < 1.29 is 9.85 Å². The maximum Gasteiger partial charge on any atom is 0.271 e. The predicted octanol–water partition coefficient (Wildman–Crippen LogP) is 7.99. The van der Waals surface area contributed by atoms with Gasteiger partial charge in [-0.25, -0.2) is 9.97 Å². The lowest BCUT2D eigenvalue weighted by atomic mass is 10.1. The first kappa shape index (κ1) is 26.8. The first-order chi connectivity index (χ1) is 20.5. The Morgan fingerprint density at radius 2 is 0.929 bits per heavy atom. The van der Waals surface area contributed by atoms with E-state index in [9.17, 15) is 20.2 Å². The molecule has 2 aromatic heterocycles. The Hall–Kier alpha value is -5.38. The number of non-ortho nitro benzene ring substituents is 2. The fraction of sp³-hybridized carbons (Fsp3) is 0.188. The van der Waals surface area contributed by atoms with Gasteiger partial charge >= 0.3 is 0 Å². The van der Waals surface area contributed by atoms with E-state index in [0.717, 1.165) is 82.7 Å². The lowest BCUT2D eigenvalue weighted by Crippen LogP contribution is -2.05. The maximum absolute atomic E-state index is 11.3. The van der Waals surface area contributed by atoms with Gasteiger partial charge in [0.25, 0.3) is 11.4 Å². The molecule has 10 nitrogen and oxygen atoms in total. The smallest absolute Gasteiger partial charge is 0.271 e. The summed E-state index contributed by atoms with van der Waals surface area (Å²) < 4.78 is 0. The van der Waals surface area contributed by atoms with Gasteiger partial charge in [0.05, 0.1) is 43.3 Å². The fourth-order valence-electron chi connectivity index (χ4n) is 5.40. The molecule has 0 aliphatic heterocycles. The molecule has 6 aromatic rings. The van der Waals surface area contributed by atoms with Crippen molar-refractivity contribution >= 4 is 66.4 Å². The number of benzene rings is 4. The Labute approximate surface area is 240 Å². The molecule has 210 valence electrons. The normalized spacial score (nSPS) is 11.3. The van der Waals surface area contributed by atoms with Crippen LogP contribution in [-0.2, 0) is 0 Å². The number of para-hydroxylation sites is 2. The number of hydrogen-bond acceptors (Lipinski definition) is 8. The average Bonchev–Trinajstić information content (AvgIpc) is 3.00. The number of rotatable bonds is 11. The summed E-state index contributed by atoms with van der Waals surface area (Å²) in [6.45, 7) is 1.54. The van der Waals surface area contributed by atoms with Crippen LogP contribution in [0.2, 0.25) is 0 Å². The third kappa shape index (κ3) is 5.34. The highest BCUT2D eigenvalue weighted by Crippen LogP contribution is 2.34. The van der Waals surface area contributed by atoms with Gasteiger partial charge < -0.3 is 10.6 Å². The molecule has 0 spiro atoms. The molecular formula is C32H28N6O4. The molecule has 0 aliphatic carbocycles. The Balaban J connectivity index is 1.08. The van der Waals surface area contributed by atoms with Gasteiger partial charge in [-0.1, -0.05) is 49.2 Å². The largest absolute Gasteiger partial charge is 0.384 e. The molecule has 42 heavy (non-hydrogen) atoms. The second kappa shape index (κ2) is 11.6. The number of nitro groups is 2. The molecular weight excluding hydrogens is 532 g/mol. The molecule has 6 rings (SSSR count). The van der Waals surface area contributed by atoms with Crippen LogP contribution in [0.3, 0.4) is 0 Å². The second-order valence-electron chi connectivity index (χ2n) is 10.2. The van der Waals surface area contributed by atoms with E-state index in [1.54, 1.807) is 12.1 Å². The Bertz CT molecular complexity index is 1830. The maximum atomic E-state index is 11.3. The topological polar surface area (TPSA) is 136 Å². The highest BCUT2D eigenvalue weighted by atomic mass is 16.6. The molecule has 4 aromatic carbocycles. The summed E-state index contributed by atoms with van der Waals surface area (Å²) in [5, 5.41) is 33.4. The van der Waals surface area contributed by atoms with E-state index < -0.39 is 9.85 Å². The Morgan fingerprint density at radius 1 is 0.524 bits per heavy atom. The van der Waals surface area contributed by atoms with Crippen molar-refractivity contribution in [1.82, 2.24) is 9.97 Å². The number of fused-ring (bicyclic) bond motifs is 4. The van der Waals surface area contributed by atoms with Crippen LogP contribution in [0, 0.1) is 20.2 Å². The van der Waals surface area contributed by atoms with Crippen LogP contribution in [0.4, 0.5) is 22.7 Å². The minimum Gasteiger partial charge on any atom is -0.384 e. The SMILES string of the molecule is O=[N+]([O-])c1ccc2c(NCCCCCCNc3c4ccccc4nc4cc([N+](=O)[O-])ccc34)c3ccccc3nc2c1. The van der Waals surface area contributed by atoms with Gasteiger partial charge in [0.1, 0.15) is 0 Å². The lowest BCUT2D eigenvalue weighted by molar-refractivity contribution is -0.384. The second-order valence-corrected chi connectivity index (χ2v) is 10.2. The van der Waals surface area contributed by atoms with Gasteiger partial charge in [-0.2, -0.15) is 0 Å². The number of nitro benzene ring substituents is 2. The van der Waals surface area contributed by atoms with Crippen molar-refractivity contribution in [2.45, 2.75) is 25.7 Å². The highest BCUT2D eigenvalue weighted by Gasteiger charge is 2.14. The van der Waals surface area contributed by atoms with Crippen molar-refractivity contribution in [1.29, 1.82) is 0 Å². The van der Waals surface area contributed by atoms with Crippen LogP contribution in [0.25, 0.3) is 43.6 Å². The summed E-state index contributed by atoms with van der Waals surface area (Å²) in [5.41, 5.74) is 4.74. The molecule has 0 unspecified atom stereocenters. The number of aromatic nitrogens is 2. The first-order valence-electron chi connectivity index (χ1n) is 13.9. The summed E-state index contributed by atoms with van der Waals surface area (Å²) in [7, 11) is 0. The van der Waals surface area contributed by atoms with E-state index in [-0.39, 0.29) is 11.4 Å². The van der Waals surface area contributed by atoms with Crippen molar-refractivity contribution in [3.05, 3.63) is 105 Å². The quantitative estimate of drug-likeness (QED) is 0.0704. The van der Waals surface area contributed by atoms with Crippen molar-refractivity contribution in [2.24, 2.45) is 0 Å². The Kier molecular flexibility index (Phi) is 7.42. The van der Waals surface area contributed by atoms with Crippen LogP contribution < -0.4 is 10.6 Å². The number of hydrogen-bond donors (Lipinski definition) is 2. The Morgan fingerprint density at radius 3 is 1.36 bits per heavy atom. The summed E-state index contributed by atoms with van der Waals surface area (Å²) in [6, 6.07) is 25.3. The molecule has 10 heteroatoms. The molecule has 2 heterocycles. The third-order valence-corrected chi connectivity index (χ3v) is 7.46. The predicted molar refractivity (Wildman–Crippen MR) is 167 cm³/mol. The third-order valence-electron chi connectivity index (χ3n) is 7.46. The molecule has 0 saturated carbocycles. The van der Waals surface area contributed by atoms with Gasteiger partial charge in [-0.15, -0.1) is 0 Å². The van der Waals surface area contributed by atoms with Crippen molar-refractivity contribution in [2.75, 3.05) is 23.7 Å². The van der Waals surface area contributed by atoms with E-state index in [2.05, 4.69) is 20.6 Å². The zero-order chi connectivity index (χ0) is 29.1. The monoisotopic (exact) mass is 560 g/mol. The number of pyridine rings is 2. The number of anilines is 2. The number of unbranched alkanes of at least 4 members (excludes halogenated alkanes) is 3. The first-order valence-corrected chi connectivity index (χ1v) is 13.9. The van der Waals surface area contributed by atoms with Crippen LogP contribution in [0.1, 0.15) is 25.7 Å². The zero-order valence-corrected chi connectivity index (χ0v) is 22.7. The van der Waals surface area contributed by atoms with E-state index in [1.165, 1.54) is 24.3 Å². The van der Waals surface area contributed by atoms with Crippen molar-refractivity contribution in [3.8, 4) is 0 Å². The molecule has 0 aliphatic rings. The van der Waals surface area contributed by atoms with Crippen LogP contribution in [-0.4, -0.2) is 32.9 Å². The zero-order valence-electron chi connectivity index (χ0n) is 22.7. The summed E-state index contributed by atoms with van der Waals surface area (Å²) in [5.74, 6) is 0. The number of nitrogens with zero attached hydrogens (tertiary/aromatic N) is 4. The lowest BCUT2D eigenvalue weighted by Gasteiger charge is -2.14. The van der Waals surface area contributed by atoms with Gasteiger partial charge in [-0.3, -0.25) is 20.2 Å². The van der Waals surface area contributed by atoms with Gasteiger partial charge in [0.15, 0.2) is 0 Å². The molecule has 0 atom stereocenters. The van der Waals surface area contributed by atoms with E-state index >= 15 is 0 Å². The van der Waals surface area contributed by atoms with E-state index in [4.69, 9.17) is 0 Å². The summed E-state index contributed by atoms with van der Waals surface area (Å²) in [4.78, 5) is 31.1. The highest BCUT2D eigenvalue weighted by molar-refractivity contribution is 6.08. The minimum absolute atomic E-state index is 0.0268. The average molecular weight is 561 g/mol. The standard InChI is InChI=1S/C32H28N6O4/c39-37(40)21-13-15-25-29(19-21)35-27-11-5-3-9-23(27)31(25)33-17-7-1-2-8-18-34-32-24-10-4-6-12-28(24)36-30-20-22(38(41)42)14-16-26(30)32/h3-6,9-16,19-20H,1-2,7-8,17-18H2,(H,33,35)(H,34,36). The van der Waals surface area contributed by atoms with Crippen LogP contribution in [0.5, 0.6) is 0 Å². The van der Waals surface area contributed by atoms with E-state index in [0.29, 0.717) is 11.0 Å². The van der Waals surface area contributed by atoms with E-state index in [1.807, 2.05) is 48.5 Å². The minimum atomic E-state index is -0.399. The molecule has 0 bridgehead atoms. The van der Waals surface area contributed by atoms with Crippen LogP contribution >= 0.6 is 0 Å². The molecule has 2 N–H and O–H groups in total. The summed E-state index contributed by atoms with van der Waals surface area (Å²) >= 11 is 0.